The van der Waals surface area contributed by atoms with Crippen LogP contribution in [0.1, 0.15) is 50.2 Å². The molecule has 0 aromatic heterocycles. The van der Waals surface area contributed by atoms with Crippen molar-refractivity contribution >= 4 is 17.3 Å². The molecule has 2 aromatic rings. The van der Waals surface area contributed by atoms with Crippen LogP contribution in [0.3, 0.4) is 0 Å². The lowest BCUT2D eigenvalue weighted by Gasteiger charge is -2.22. The Hall–Kier alpha value is -1.47. The average Bonchev–Trinajstić information content (AvgIpc) is 2.63. The molecule has 0 atom stereocenters. The van der Waals surface area contributed by atoms with E-state index in [1.165, 1.54) is 54.4 Å². The molecular formula is C22H26S. The van der Waals surface area contributed by atoms with Gasteiger partial charge in [0.25, 0.3) is 0 Å². The van der Waals surface area contributed by atoms with Gasteiger partial charge in [0.2, 0.25) is 0 Å². The van der Waals surface area contributed by atoms with E-state index in [1.54, 1.807) is 0 Å². The molecule has 0 N–H and O–H groups in total. The van der Waals surface area contributed by atoms with E-state index in [-0.39, 0.29) is 0 Å². The normalized spacial score (nSPS) is 15.3. The van der Waals surface area contributed by atoms with Crippen molar-refractivity contribution in [2.24, 2.45) is 0 Å². The Labute approximate surface area is 145 Å². The lowest BCUT2D eigenvalue weighted by atomic mass is 9.94. The molecule has 1 fully saturated rings. The minimum Gasteiger partial charge on any atom is -0.154 e. The summed E-state index contributed by atoms with van der Waals surface area (Å²) in [6.07, 6.45) is 7.09. The molecule has 3 rings (SSSR count). The van der Waals surface area contributed by atoms with E-state index in [4.69, 9.17) is 0 Å². The van der Waals surface area contributed by atoms with Crippen molar-refractivity contribution in [2.75, 3.05) is 5.75 Å². The minimum absolute atomic E-state index is 0.867. The number of hydrogen-bond acceptors (Lipinski definition) is 1. The molecule has 1 heteroatoms. The van der Waals surface area contributed by atoms with Crippen LogP contribution >= 0.6 is 11.8 Å². The average molecular weight is 323 g/mol. The largest absolute Gasteiger partial charge is 0.154 e. The third-order valence-electron chi connectivity index (χ3n) is 4.64. The van der Waals surface area contributed by atoms with E-state index in [1.807, 2.05) is 0 Å². The zero-order valence-corrected chi connectivity index (χ0v) is 14.8. The Morgan fingerprint density at radius 2 is 1.35 bits per heavy atom. The number of thioether (sulfide) groups is 1. The molecule has 0 bridgehead atoms. The molecule has 2 aromatic carbocycles. The van der Waals surface area contributed by atoms with Gasteiger partial charge >= 0.3 is 0 Å². The molecule has 0 unspecified atom stereocenters. The Morgan fingerprint density at radius 3 is 1.87 bits per heavy atom. The fraction of sp³-hybridized carbons (Fsp3) is 0.364. The van der Waals surface area contributed by atoms with Crippen LogP contribution in [0.2, 0.25) is 0 Å². The van der Waals surface area contributed by atoms with Crippen molar-refractivity contribution < 1.29 is 0 Å². The standard InChI is InChI=1S/C22H26S/c1-18(17-23-21-15-9-4-10-16-21)22(19-11-5-2-6-12-19)20-13-7-3-8-14-20/h2-3,5-8,11-14,21H,4,9-10,15-17H2,1H3. The molecule has 1 aliphatic rings. The molecule has 0 nitrogen and oxygen atoms in total. The highest BCUT2D eigenvalue weighted by Crippen LogP contribution is 2.33. The van der Waals surface area contributed by atoms with Gasteiger partial charge in [-0.1, -0.05) is 85.5 Å². The Kier molecular flexibility index (Phi) is 5.99. The fourth-order valence-electron chi connectivity index (χ4n) is 3.42. The third kappa shape index (κ3) is 4.51. The number of rotatable bonds is 5. The lowest BCUT2D eigenvalue weighted by molar-refractivity contribution is 0.516. The smallest absolute Gasteiger partial charge is 0.0152 e. The molecule has 1 saturated carbocycles. The van der Waals surface area contributed by atoms with E-state index in [2.05, 4.69) is 79.3 Å². The molecule has 0 saturated heterocycles. The van der Waals surface area contributed by atoms with E-state index >= 15 is 0 Å². The van der Waals surface area contributed by atoms with Gasteiger partial charge < -0.3 is 0 Å². The van der Waals surface area contributed by atoms with Gasteiger partial charge in [0.15, 0.2) is 0 Å². The molecule has 1 aliphatic carbocycles. The van der Waals surface area contributed by atoms with Gasteiger partial charge in [0.05, 0.1) is 0 Å². The first-order valence-electron chi connectivity index (χ1n) is 8.77. The summed E-state index contributed by atoms with van der Waals surface area (Å²) >= 11 is 2.17. The van der Waals surface area contributed by atoms with Crippen molar-refractivity contribution in [3.8, 4) is 0 Å². The summed E-state index contributed by atoms with van der Waals surface area (Å²) in [5.74, 6) is 1.14. The first-order chi connectivity index (χ1) is 11.3. The molecule has 0 aliphatic heterocycles. The van der Waals surface area contributed by atoms with Crippen LogP contribution < -0.4 is 0 Å². The van der Waals surface area contributed by atoms with Crippen molar-refractivity contribution in [2.45, 2.75) is 44.3 Å². The molecule has 0 amide bonds. The highest BCUT2D eigenvalue weighted by molar-refractivity contribution is 8.00. The van der Waals surface area contributed by atoms with Gasteiger partial charge in [-0.15, -0.1) is 0 Å². The molecule has 0 heterocycles. The molecule has 0 radical (unpaired) electrons. The van der Waals surface area contributed by atoms with Crippen LogP contribution in [-0.2, 0) is 0 Å². The Morgan fingerprint density at radius 1 is 0.826 bits per heavy atom. The Balaban J connectivity index is 1.84. The second-order valence-corrected chi connectivity index (χ2v) is 7.75. The summed E-state index contributed by atoms with van der Waals surface area (Å²) in [4.78, 5) is 0. The van der Waals surface area contributed by atoms with E-state index in [9.17, 15) is 0 Å². The summed E-state index contributed by atoms with van der Waals surface area (Å²) in [5.41, 5.74) is 5.58. The highest BCUT2D eigenvalue weighted by Gasteiger charge is 2.15. The van der Waals surface area contributed by atoms with Crippen molar-refractivity contribution in [3.05, 3.63) is 77.4 Å². The highest BCUT2D eigenvalue weighted by atomic mass is 32.2. The van der Waals surface area contributed by atoms with Gasteiger partial charge in [0, 0.05) is 11.0 Å². The third-order valence-corrected chi connectivity index (χ3v) is 6.18. The minimum atomic E-state index is 0.867. The van der Waals surface area contributed by atoms with E-state index in [0.717, 1.165) is 11.0 Å². The van der Waals surface area contributed by atoms with Gasteiger partial charge in [-0.05, 0) is 36.5 Å². The quantitative estimate of drug-likeness (QED) is 0.599. The van der Waals surface area contributed by atoms with E-state index in [0.29, 0.717) is 0 Å². The maximum atomic E-state index is 2.31. The number of hydrogen-bond donors (Lipinski definition) is 0. The first-order valence-corrected chi connectivity index (χ1v) is 9.81. The maximum absolute atomic E-state index is 2.31. The summed E-state index contributed by atoms with van der Waals surface area (Å²) in [6.45, 7) is 2.31. The van der Waals surface area contributed by atoms with Crippen molar-refractivity contribution in [1.82, 2.24) is 0 Å². The predicted molar refractivity (Wildman–Crippen MR) is 104 cm³/mol. The SMILES string of the molecule is CC(CSC1CCCCC1)=C(c1ccccc1)c1ccccc1. The zero-order valence-electron chi connectivity index (χ0n) is 14.0. The molecule has 120 valence electrons. The lowest BCUT2D eigenvalue weighted by Crippen LogP contribution is -2.09. The second-order valence-electron chi connectivity index (χ2n) is 6.46. The van der Waals surface area contributed by atoms with Crippen LogP contribution in [0.4, 0.5) is 0 Å². The zero-order chi connectivity index (χ0) is 15.9. The number of benzene rings is 2. The molecule has 23 heavy (non-hydrogen) atoms. The van der Waals surface area contributed by atoms with Crippen LogP contribution in [0.15, 0.2) is 66.2 Å². The Bertz CT molecular complexity index is 580. The van der Waals surface area contributed by atoms with Gasteiger partial charge in [-0.25, -0.2) is 0 Å². The van der Waals surface area contributed by atoms with Crippen LogP contribution in [0.5, 0.6) is 0 Å². The van der Waals surface area contributed by atoms with Gasteiger partial charge in [0.1, 0.15) is 0 Å². The van der Waals surface area contributed by atoms with Crippen LogP contribution in [-0.4, -0.2) is 11.0 Å². The summed E-state index contributed by atoms with van der Waals surface area (Å²) in [7, 11) is 0. The molecular weight excluding hydrogens is 296 g/mol. The fourth-order valence-corrected chi connectivity index (χ4v) is 4.71. The van der Waals surface area contributed by atoms with Crippen LogP contribution in [0, 0.1) is 0 Å². The monoisotopic (exact) mass is 322 g/mol. The topological polar surface area (TPSA) is 0 Å². The summed E-state index contributed by atoms with van der Waals surface area (Å²) < 4.78 is 0. The predicted octanol–water partition coefficient (Wildman–Crippen LogP) is 6.57. The van der Waals surface area contributed by atoms with Crippen molar-refractivity contribution in [3.63, 3.8) is 0 Å². The first kappa shape index (κ1) is 16.4. The molecule has 0 spiro atoms. The van der Waals surface area contributed by atoms with Gasteiger partial charge in [-0.3, -0.25) is 0 Å². The van der Waals surface area contributed by atoms with Crippen molar-refractivity contribution in [1.29, 1.82) is 0 Å². The summed E-state index contributed by atoms with van der Waals surface area (Å²) in [5, 5.41) is 0.867. The van der Waals surface area contributed by atoms with Gasteiger partial charge in [-0.2, -0.15) is 11.8 Å². The second kappa shape index (κ2) is 8.40. The van der Waals surface area contributed by atoms with Crippen LogP contribution in [0.25, 0.3) is 5.57 Å². The summed E-state index contributed by atoms with van der Waals surface area (Å²) in [6, 6.07) is 21.7. The maximum Gasteiger partial charge on any atom is 0.0152 e. The van der Waals surface area contributed by atoms with E-state index < -0.39 is 0 Å².